The Labute approximate surface area is 156 Å². The van der Waals surface area contributed by atoms with Gasteiger partial charge in [0.1, 0.15) is 11.4 Å². The van der Waals surface area contributed by atoms with Crippen molar-refractivity contribution in [1.82, 2.24) is 15.0 Å². The second kappa shape index (κ2) is 7.37. The number of ketones is 1. The number of carbonyl (C=O) groups is 2. The fourth-order valence-corrected chi connectivity index (χ4v) is 3.09. The van der Waals surface area contributed by atoms with E-state index in [1.807, 2.05) is 30.3 Å². The fraction of sp³-hybridized carbons (Fsp3) is 0.143. The van der Waals surface area contributed by atoms with Crippen molar-refractivity contribution in [1.29, 1.82) is 0 Å². The van der Waals surface area contributed by atoms with Crippen LogP contribution in [0.5, 0.6) is 5.75 Å². The van der Waals surface area contributed by atoms with Crippen molar-refractivity contribution in [3.05, 3.63) is 83.2 Å². The third-order valence-electron chi connectivity index (χ3n) is 4.38. The Morgan fingerprint density at radius 1 is 1.11 bits per heavy atom. The molecule has 4 rings (SSSR count). The third-order valence-corrected chi connectivity index (χ3v) is 4.38. The van der Waals surface area contributed by atoms with Gasteiger partial charge in [0.25, 0.3) is 0 Å². The summed E-state index contributed by atoms with van der Waals surface area (Å²) >= 11 is 0. The number of hydrogen-bond donors (Lipinski definition) is 0. The third kappa shape index (κ3) is 3.84. The van der Waals surface area contributed by atoms with E-state index < -0.39 is 5.97 Å². The van der Waals surface area contributed by atoms with E-state index in [9.17, 15) is 9.59 Å². The highest BCUT2D eigenvalue weighted by atomic mass is 16.5. The molecule has 1 heterocycles. The topological polar surface area (TPSA) is 74.1 Å². The Kier molecular flexibility index (Phi) is 4.61. The predicted molar refractivity (Wildman–Crippen MR) is 99.3 cm³/mol. The molecule has 0 unspecified atom stereocenters. The van der Waals surface area contributed by atoms with Crippen molar-refractivity contribution in [3.63, 3.8) is 0 Å². The van der Waals surface area contributed by atoms with Gasteiger partial charge in [0.2, 0.25) is 0 Å². The van der Waals surface area contributed by atoms with Crippen molar-refractivity contribution < 1.29 is 14.3 Å². The van der Waals surface area contributed by atoms with Gasteiger partial charge in [-0.25, -0.2) is 9.48 Å². The van der Waals surface area contributed by atoms with Crippen molar-refractivity contribution >= 4 is 17.8 Å². The minimum atomic E-state index is -0.514. The van der Waals surface area contributed by atoms with E-state index in [4.69, 9.17) is 4.74 Å². The zero-order chi connectivity index (χ0) is 18.6. The molecule has 0 spiro atoms. The zero-order valence-electron chi connectivity index (χ0n) is 14.5. The average molecular weight is 359 g/mol. The van der Waals surface area contributed by atoms with Crippen LogP contribution in [0.3, 0.4) is 0 Å². The molecular weight excluding hydrogens is 342 g/mol. The number of esters is 1. The summed E-state index contributed by atoms with van der Waals surface area (Å²) in [5, 5.41) is 8.09. The maximum atomic E-state index is 12.1. The molecule has 6 nitrogen and oxygen atoms in total. The number of Topliss-reactive ketones (excluding diaryl/α,β-unsaturated/α-hetero) is 1. The van der Waals surface area contributed by atoms with Gasteiger partial charge in [-0.2, -0.15) is 0 Å². The largest absolute Gasteiger partial charge is 0.423 e. The Bertz CT molecular complexity index is 1020. The molecule has 0 saturated carbocycles. The van der Waals surface area contributed by atoms with Crippen molar-refractivity contribution in [2.45, 2.75) is 19.4 Å². The fourth-order valence-electron chi connectivity index (χ4n) is 3.09. The number of nitrogens with zero attached hydrogens (tertiary/aromatic N) is 3. The van der Waals surface area contributed by atoms with Gasteiger partial charge >= 0.3 is 5.97 Å². The molecule has 6 heteroatoms. The van der Waals surface area contributed by atoms with Gasteiger partial charge in [-0.05, 0) is 24.1 Å². The highest BCUT2D eigenvalue weighted by molar-refractivity contribution is 6.01. The van der Waals surface area contributed by atoms with E-state index in [0.717, 1.165) is 11.1 Å². The molecule has 1 aliphatic rings. The van der Waals surface area contributed by atoms with Crippen LogP contribution in [0.15, 0.2) is 60.8 Å². The van der Waals surface area contributed by atoms with E-state index >= 15 is 0 Å². The molecule has 0 N–H and O–H groups in total. The first-order valence-electron chi connectivity index (χ1n) is 8.68. The molecule has 0 saturated heterocycles. The Hall–Kier alpha value is -3.54. The number of benzene rings is 2. The lowest BCUT2D eigenvalue weighted by Crippen LogP contribution is -2.06. The number of rotatable bonds is 5. The molecule has 0 fully saturated rings. The van der Waals surface area contributed by atoms with Crippen molar-refractivity contribution in [2.24, 2.45) is 0 Å². The van der Waals surface area contributed by atoms with E-state index in [2.05, 4.69) is 10.3 Å². The molecule has 1 aliphatic carbocycles. The van der Waals surface area contributed by atoms with Gasteiger partial charge in [-0.1, -0.05) is 47.7 Å². The number of ether oxygens (including phenoxy) is 1. The Morgan fingerprint density at radius 2 is 1.96 bits per heavy atom. The number of carbonyl (C=O) groups excluding carboxylic acids is 2. The molecule has 0 atom stereocenters. The maximum absolute atomic E-state index is 12.1. The van der Waals surface area contributed by atoms with Gasteiger partial charge in [0, 0.05) is 23.6 Å². The lowest BCUT2D eigenvalue weighted by atomic mass is 10.1. The van der Waals surface area contributed by atoms with Crippen LogP contribution in [-0.4, -0.2) is 26.7 Å². The minimum Gasteiger partial charge on any atom is -0.423 e. The summed E-state index contributed by atoms with van der Waals surface area (Å²) < 4.78 is 7.10. The molecule has 1 aromatic heterocycles. The highest BCUT2D eigenvalue weighted by Crippen LogP contribution is 2.30. The second-order valence-corrected chi connectivity index (χ2v) is 6.29. The van der Waals surface area contributed by atoms with Gasteiger partial charge in [0.15, 0.2) is 5.78 Å². The molecule has 27 heavy (non-hydrogen) atoms. The monoisotopic (exact) mass is 359 g/mol. The summed E-state index contributed by atoms with van der Waals surface area (Å²) in [6.07, 6.45) is 5.70. The lowest BCUT2D eigenvalue weighted by molar-refractivity contribution is -0.128. The minimum absolute atomic E-state index is 0.0912. The summed E-state index contributed by atoms with van der Waals surface area (Å²) in [5.41, 5.74) is 3.13. The number of fused-ring (bicyclic) bond motifs is 1. The predicted octanol–water partition coefficient (Wildman–Crippen LogP) is 3.07. The van der Waals surface area contributed by atoms with Crippen molar-refractivity contribution in [3.8, 4) is 5.75 Å². The summed E-state index contributed by atoms with van der Waals surface area (Å²) in [5.74, 6) is 0.0227. The van der Waals surface area contributed by atoms with E-state index in [0.29, 0.717) is 36.4 Å². The number of hydrogen-bond acceptors (Lipinski definition) is 5. The molecule has 0 aliphatic heterocycles. The van der Waals surface area contributed by atoms with Crippen LogP contribution >= 0.6 is 0 Å². The van der Waals surface area contributed by atoms with Crippen LogP contribution in [0.1, 0.15) is 33.6 Å². The Balaban J connectivity index is 1.41. The lowest BCUT2D eigenvalue weighted by Gasteiger charge is -2.06. The zero-order valence-corrected chi connectivity index (χ0v) is 14.5. The van der Waals surface area contributed by atoms with Crippen molar-refractivity contribution in [2.75, 3.05) is 0 Å². The van der Waals surface area contributed by atoms with Gasteiger partial charge in [0.05, 0.1) is 12.7 Å². The molecule has 0 radical (unpaired) electrons. The summed E-state index contributed by atoms with van der Waals surface area (Å²) in [6, 6.07) is 15.1. The smallest absolute Gasteiger partial charge is 0.336 e. The van der Waals surface area contributed by atoms with Gasteiger partial charge in [-0.15, -0.1) is 5.10 Å². The second-order valence-electron chi connectivity index (χ2n) is 6.29. The van der Waals surface area contributed by atoms with E-state index in [1.165, 1.54) is 6.08 Å². The normalized spacial score (nSPS) is 13.1. The molecular formula is C21H17N3O3. The molecule has 2 aromatic carbocycles. The average Bonchev–Trinajstić information content (AvgIpc) is 3.28. The van der Waals surface area contributed by atoms with Gasteiger partial charge < -0.3 is 4.74 Å². The first-order valence-corrected chi connectivity index (χ1v) is 8.68. The van der Waals surface area contributed by atoms with Crippen LogP contribution in [0, 0.1) is 0 Å². The SMILES string of the molecule is O=C(/C=C/c1cn(Cc2ccccc2)nn1)Oc1cccc2c1CCC2=O. The van der Waals surface area contributed by atoms with Crippen LogP contribution in [0.25, 0.3) is 6.08 Å². The van der Waals surface area contributed by atoms with E-state index in [-0.39, 0.29) is 5.78 Å². The van der Waals surface area contributed by atoms with Crippen LogP contribution in [0.2, 0.25) is 0 Å². The molecule has 0 amide bonds. The number of aromatic nitrogens is 3. The summed E-state index contributed by atoms with van der Waals surface area (Å²) in [7, 11) is 0. The van der Waals surface area contributed by atoms with Crippen LogP contribution < -0.4 is 4.74 Å². The van der Waals surface area contributed by atoms with E-state index in [1.54, 1.807) is 35.2 Å². The molecule has 0 bridgehead atoms. The quantitative estimate of drug-likeness (QED) is 0.398. The maximum Gasteiger partial charge on any atom is 0.336 e. The highest BCUT2D eigenvalue weighted by Gasteiger charge is 2.23. The Morgan fingerprint density at radius 3 is 2.81 bits per heavy atom. The summed E-state index contributed by atoms with van der Waals surface area (Å²) in [4.78, 5) is 23.9. The first-order chi connectivity index (χ1) is 13.2. The summed E-state index contributed by atoms with van der Waals surface area (Å²) in [6.45, 7) is 0.607. The van der Waals surface area contributed by atoms with Crippen LogP contribution in [-0.2, 0) is 17.8 Å². The molecule has 3 aromatic rings. The first kappa shape index (κ1) is 16.9. The van der Waals surface area contributed by atoms with Gasteiger partial charge in [-0.3, -0.25) is 4.79 Å². The standard InChI is InChI=1S/C21H17N3O3/c25-19-11-10-18-17(19)7-4-8-20(18)27-21(26)12-9-16-14-24(23-22-16)13-15-5-2-1-3-6-15/h1-9,12,14H,10-11,13H2/b12-9+. The van der Waals surface area contributed by atoms with Crippen LogP contribution in [0.4, 0.5) is 0 Å². The molecule has 134 valence electrons.